The van der Waals surface area contributed by atoms with Gasteiger partial charge in [0.15, 0.2) is 0 Å². The lowest BCUT2D eigenvalue weighted by Gasteiger charge is -2.37. The average molecular weight is 431 g/mol. The summed E-state index contributed by atoms with van der Waals surface area (Å²) in [6.45, 7) is 7.99. The summed E-state index contributed by atoms with van der Waals surface area (Å²) in [5, 5.41) is 3.39. The van der Waals surface area contributed by atoms with E-state index in [1.807, 2.05) is 12.1 Å². The molecule has 0 radical (unpaired) electrons. The predicted molar refractivity (Wildman–Crippen MR) is 130 cm³/mol. The SMILES string of the molecule is COc1ccccc1N1CCN(c2ncnc3scc(-c4ccc(C)c(C)c4)c23)CC1. The highest BCUT2D eigenvalue weighted by atomic mass is 32.1. The van der Waals surface area contributed by atoms with Crippen molar-refractivity contribution in [2.24, 2.45) is 0 Å². The molecule has 0 amide bonds. The Labute approximate surface area is 186 Å². The number of piperazine rings is 1. The number of benzene rings is 2. The molecule has 0 atom stereocenters. The molecule has 1 aliphatic rings. The first-order chi connectivity index (χ1) is 15.2. The zero-order valence-corrected chi connectivity index (χ0v) is 18.9. The number of nitrogens with zero attached hydrogens (tertiary/aromatic N) is 4. The van der Waals surface area contributed by atoms with E-state index in [0.29, 0.717) is 0 Å². The molecule has 5 rings (SSSR count). The first kappa shape index (κ1) is 19.8. The number of aryl methyl sites for hydroxylation is 2. The van der Waals surface area contributed by atoms with Gasteiger partial charge in [-0.3, -0.25) is 0 Å². The summed E-state index contributed by atoms with van der Waals surface area (Å²) in [7, 11) is 1.73. The van der Waals surface area contributed by atoms with Gasteiger partial charge < -0.3 is 14.5 Å². The van der Waals surface area contributed by atoms with Gasteiger partial charge in [0.1, 0.15) is 22.7 Å². The van der Waals surface area contributed by atoms with Gasteiger partial charge in [-0.15, -0.1) is 11.3 Å². The van der Waals surface area contributed by atoms with Gasteiger partial charge in [-0.2, -0.15) is 0 Å². The van der Waals surface area contributed by atoms with Crippen LogP contribution in [0.25, 0.3) is 21.3 Å². The zero-order valence-electron chi connectivity index (χ0n) is 18.1. The fourth-order valence-electron chi connectivity index (χ4n) is 4.27. The van der Waals surface area contributed by atoms with E-state index in [9.17, 15) is 0 Å². The lowest BCUT2D eigenvalue weighted by atomic mass is 10.0. The van der Waals surface area contributed by atoms with E-state index in [-0.39, 0.29) is 0 Å². The van der Waals surface area contributed by atoms with Crippen LogP contribution in [0.1, 0.15) is 11.1 Å². The van der Waals surface area contributed by atoms with E-state index in [2.05, 4.69) is 64.3 Å². The molecule has 2 aromatic carbocycles. The Balaban J connectivity index is 1.46. The van der Waals surface area contributed by atoms with Crippen LogP contribution in [0.3, 0.4) is 0 Å². The number of hydrogen-bond donors (Lipinski definition) is 0. The predicted octanol–water partition coefficient (Wildman–Crippen LogP) is 5.31. The molecule has 0 N–H and O–H groups in total. The summed E-state index contributed by atoms with van der Waals surface area (Å²) in [6, 6.07) is 14.9. The van der Waals surface area contributed by atoms with E-state index in [0.717, 1.165) is 48.3 Å². The third-order valence-electron chi connectivity index (χ3n) is 6.17. The second kappa shape index (κ2) is 8.19. The highest BCUT2D eigenvalue weighted by Crippen LogP contribution is 2.39. The molecule has 1 saturated heterocycles. The van der Waals surface area contributed by atoms with Crippen LogP contribution in [0.2, 0.25) is 0 Å². The molecule has 5 nitrogen and oxygen atoms in total. The maximum absolute atomic E-state index is 5.57. The van der Waals surface area contributed by atoms with Crippen LogP contribution in [-0.4, -0.2) is 43.3 Å². The van der Waals surface area contributed by atoms with E-state index < -0.39 is 0 Å². The molecule has 0 saturated carbocycles. The second-order valence-electron chi connectivity index (χ2n) is 7.97. The molecule has 1 fully saturated rings. The number of ether oxygens (including phenoxy) is 1. The molecule has 2 aromatic heterocycles. The second-order valence-corrected chi connectivity index (χ2v) is 8.83. The van der Waals surface area contributed by atoms with Crippen LogP contribution in [0, 0.1) is 13.8 Å². The van der Waals surface area contributed by atoms with E-state index >= 15 is 0 Å². The van der Waals surface area contributed by atoms with Gasteiger partial charge in [0.2, 0.25) is 0 Å². The third-order valence-corrected chi connectivity index (χ3v) is 7.06. The number of thiophene rings is 1. The van der Waals surface area contributed by atoms with Gasteiger partial charge in [-0.25, -0.2) is 9.97 Å². The molecule has 4 aromatic rings. The Morgan fingerprint density at radius 1 is 0.903 bits per heavy atom. The minimum Gasteiger partial charge on any atom is -0.495 e. The first-order valence-corrected chi connectivity index (χ1v) is 11.5. The number of rotatable bonds is 4. The molecule has 31 heavy (non-hydrogen) atoms. The highest BCUT2D eigenvalue weighted by molar-refractivity contribution is 7.17. The molecular weight excluding hydrogens is 404 g/mol. The normalized spacial score (nSPS) is 14.3. The quantitative estimate of drug-likeness (QED) is 0.439. The maximum Gasteiger partial charge on any atom is 0.142 e. The first-order valence-electron chi connectivity index (χ1n) is 10.6. The Hall–Kier alpha value is -3.12. The molecule has 0 unspecified atom stereocenters. The number of para-hydroxylation sites is 2. The Morgan fingerprint density at radius 3 is 2.45 bits per heavy atom. The van der Waals surface area contributed by atoms with E-state index in [1.54, 1.807) is 24.8 Å². The Kier molecular flexibility index (Phi) is 5.24. The maximum atomic E-state index is 5.57. The van der Waals surface area contributed by atoms with Crippen molar-refractivity contribution < 1.29 is 4.74 Å². The molecule has 0 aliphatic carbocycles. The summed E-state index contributed by atoms with van der Waals surface area (Å²) in [5.41, 5.74) is 6.24. The van der Waals surface area contributed by atoms with Gasteiger partial charge >= 0.3 is 0 Å². The molecule has 6 heteroatoms. The van der Waals surface area contributed by atoms with Crippen LogP contribution in [0.5, 0.6) is 5.75 Å². The lowest BCUT2D eigenvalue weighted by molar-refractivity contribution is 0.413. The summed E-state index contributed by atoms with van der Waals surface area (Å²) in [4.78, 5) is 15.1. The third kappa shape index (κ3) is 3.61. The number of aromatic nitrogens is 2. The van der Waals surface area contributed by atoms with Crippen LogP contribution in [0.4, 0.5) is 11.5 Å². The summed E-state index contributed by atoms with van der Waals surface area (Å²) in [6.07, 6.45) is 1.70. The summed E-state index contributed by atoms with van der Waals surface area (Å²) >= 11 is 1.69. The highest BCUT2D eigenvalue weighted by Gasteiger charge is 2.24. The van der Waals surface area contributed by atoms with Crippen molar-refractivity contribution >= 4 is 33.1 Å². The molecular formula is C25H26N4OS. The van der Waals surface area contributed by atoms with Crippen molar-refractivity contribution in [1.82, 2.24) is 9.97 Å². The number of anilines is 2. The molecule has 0 spiro atoms. The lowest BCUT2D eigenvalue weighted by Crippen LogP contribution is -2.47. The Bertz CT molecular complexity index is 1230. The van der Waals surface area contributed by atoms with Crippen LogP contribution in [0.15, 0.2) is 54.2 Å². The van der Waals surface area contributed by atoms with Crippen molar-refractivity contribution in [2.75, 3.05) is 43.1 Å². The van der Waals surface area contributed by atoms with Gasteiger partial charge in [0, 0.05) is 37.1 Å². The van der Waals surface area contributed by atoms with Crippen LogP contribution < -0.4 is 14.5 Å². The monoisotopic (exact) mass is 430 g/mol. The minimum atomic E-state index is 0.909. The minimum absolute atomic E-state index is 0.909. The van der Waals surface area contributed by atoms with Crippen LogP contribution in [-0.2, 0) is 0 Å². The molecule has 1 aliphatic heterocycles. The number of hydrogen-bond acceptors (Lipinski definition) is 6. The Morgan fingerprint density at radius 2 is 1.68 bits per heavy atom. The summed E-state index contributed by atoms with van der Waals surface area (Å²) in [5.74, 6) is 1.97. The van der Waals surface area contributed by atoms with Crippen molar-refractivity contribution in [3.05, 3.63) is 65.3 Å². The topological polar surface area (TPSA) is 41.5 Å². The van der Waals surface area contributed by atoms with Crippen LogP contribution >= 0.6 is 11.3 Å². The van der Waals surface area contributed by atoms with Crippen molar-refractivity contribution in [1.29, 1.82) is 0 Å². The van der Waals surface area contributed by atoms with Crippen molar-refractivity contribution in [3.63, 3.8) is 0 Å². The fourth-order valence-corrected chi connectivity index (χ4v) is 5.18. The zero-order chi connectivity index (χ0) is 21.4. The van der Waals surface area contributed by atoms with Gasteiger partial charge in [0.25, 0.3) is 0 Å². The van der Waals surface area contributed by atoms with Crippen molar-refractivity contribution in [3.8, 4) is 16.9 Å². The standard InChI is InChI=1S/C25H26N4OS/c1-17-8-9-19(14-18(17)2)20-15-31-25-23(20)24(26-16-27-25)29-12-10-28(11-13-29)21-6-4-5-7-22(21)30-3/h4-9,14-16H,10-13H2,1-3H3. The molecule has 3 heterocycles. The molecule has 0 bridgehead atoms. The smallest absolute Gasteiger partial charge is 0.142 e. The van der Waals surface area contributed by atoms with Gasteiger partial charge in [0.05, 0.1) is 18.2 Å². The van der Waals surface area contributed by atoms with E-state index in [1.165, 1.54) is 27.6 Å². The number of fused-ring (bicyclic) bond motifs is 1. The van der Waals surface area contributed by atoms with E-state index in [4.69, 9.17) is 9.72 Å². The van der Waals surface area contributed by atoms with Gasteiger partial charge in [-0.1, -0.05) is 30.3 Å². The summed E-state index contributed by atoms with van der Waals surface area (Å²) < 4.78 is 5.57. The largest absolute Gasteiger partial charge is 0.495 e. The average Bonchev–Trinajstić information content (AvgIpc) is 3.25. The van der Waals surface area contributed by atoms with Crippen molar-refractivity contribution in [2.45, 2.75) is 13.8 Å². The molecule has 158 valence electrons. The van der Waals surface area contributed by atoms with Gasteiger partial charge in [-0.05, 0) is 42.7 Å². The fraction of sp³-hybridized carbons (Fsp3) is 0.280. The number of methoxy groups -OCH3 is 1.